The molecule has 64 valence electrons. The first-order chi connectivity index (χ1) is 5.86. The van der Waals surface area contributed by atoms with Crippen molar-refractivity contribution < 1.29 is 4.74 Å². The predicted octanol–water partition coefficient (Wildman–Crippen LogP) is 1.89. The molecule has 2 heterocycles. The van der Waals surface area contributed by atoms with Crippen molar-refractivity contribution in [3.8, 4) is 0 Å². The average molecular weight is 163 g/mol. The average Bonchev–Trinajstić information content (AvgIpc) is 2.58. The molecule has 12 heavy (non-hydrogen) atoms. The molecule has 1 unspecified atom stereocenters. The summed E-state index contributed by atoms with van der Waals surface area (Å²) < 4.78 is 5.30. The van der Waals surface area contributed by atoms with E-state index >= 15 is 0 Å². The van der Waals surface area contributed by atoms with E-state index in [1.165, 1.54) is 11.3 Å². The maximum atomic E-state index is 5.30. The van der Waals surface area contributed by atoms with Gasteiger partial charge in [0.15, 0.2) is 0 Å². The number of aryl methyl sites for hydroxylation is 1. The van der Waals surface area contributed by atoms with Gasteiger partial charge in [-0.2, -0.15) is 0 Å². The summed E-state index contributed by atoms with van der Waals surface area (Å²) >= 11 is 0. The summed E-state index contributed by atoms with van der Waals surface area (Å²) in [5, 5.41) is 0. The van der Waals surface area contributed by atoms with Crippen molar-refractivity contribution in [2.24, 2.45) is 0 Å². The van der Waals surface area contributed by atoms with E-state index in [2.05, 4.69) is 24.0 Å². The summed E-state index contributed by atoms with van der Waals surface area (Å²) in [6.07, 6.45) is 3.05. The zero-order chi connectivity index (χ0) is 8.39. The standard InChI is InChI=1S/C10H13NO/c1-8-2-3-10(11-6-8)9-4-5-12-7-9/h2-3,6,9H,4-5,7H2,1H3. The van der Waals surface area contributed by atoms with Gasteiger partial charge in [0.2, 0.25) is 0 Å². The first kappa shape index (κ1) is 7.74. The molecule has 1 aromatic rings. The smallest absolute Gasteiger partial charge is 0.0550 e. The molecule has 0 aromatic carbocycles. The molecule has 0 N–H and O–H groups in total. The van der Waals surface area contributed by atoms with Crippen molar-refractivity contribution >= 4 is 0 Å². The number of hydrogen-bond acceptors (Lipinski definition) is 2. The van der Waals surface area contributed by atoms with E-state index in [1.807, 2.05) is 6.20 Å². The van der Waals surface area contributed by atoms with Gasteiger partial charge in [0.1, 0.15) is 0 Å². The first-order valence-corrected chi connectivity index (χ1v) is 4.36. The van der Waals surface area contributed by atoms with Gasteiger partial charge in [0, 0.05) is 24.4 Å². The van der Waals surface area contributed by atoms with Crippen LogP contribution in [0.1, 0.15) is 23.6 Å². The third-order valence-electron chi connectivity index (χ3n) is 2.28. The fourth-order valence-electron chi connectivity index (χ4n) is 1.49. The van der Waals surface area contributed by atoms with Crippen LogP contribution in [0.2, 0.25) is 0 Å². The summed E-state index contributed by atoms with van der Waals surface area (Å²) in [6, 6.07) is 4.22. The first-order valence-electron chi connectivity index (χ1n) is 4.36. The van der Waals surface area contributed by atoms with Gasteiger partial charge in [-0.3, -0.25) is 4.98 Å². The second-order valence-corrected chi connectivity index (χ2v) is 3.32. The number of nitrogens with zero attached hydrogens (tertiary/aromatic N) is 1. The van der Waals surface area contributed by atoms with Crippen LogP contribution >= 0.6 is 0 Å². The second-order valence-electron chi connectivity index (χ2n) is 3.32. The summed E-state index contributed by atoms with van der Waals surface area (Å²) in [6.45, 7) is 3.79. The van der Waals surface area contributed by atoms with E-state index in [1.54, 1.807) is 0 Å². The number of hydrogen-bond donors (Lipinski definition) is 0. The highest BCUT2D eigenvalue weighted by atomic mass is 16.5. The molecule has 2 rings (SSSR count). The Morgan fingerprint density at radius 2 is 2.42 bits per heavy atom. The van der Waals surface area contributed by atoms with Crippen LogP contribution in [0.3, 0.4) is 0 Å². The Labute approximate surface area is 72.6 Å². The molecule has 0 aliphatic carbocycles. The quantitative estimate of drug-likeness (QED) is 0.630. The maximum absolute atomic E-state index is 5.30. The molecule has 1 saturated heterocycles. The molecule has 1 aliphatic rings. The van der Waals surface area contributed by atoms with E-state index in [9.17, 15) is 0 Å². The van der Waals surface area contributed by atoms with Gasteiger partial charge in [-0.05, 0) is 25.0 Å². The second kappa shape index (κ2) is 3.23. The van der Waals surface area contributed by atoms with E-state index in [0.717, 1.165) is 19.6 Å². The van der Waals surface area contributed by atoms with Crippen molar-refractivity contribution in [3.05, 3.63) is 29.6 Å². The fourth-order valence-corrected chi connectivity index (χ4v) is 1.49. The molecule has 1 aliphatic heterocycles. The lowest BCUT2D eigenvalue weighted by Crippen LogP contribution is -1.99. The lowest BCUT2D eigenvalue weighted by Gasteiger charge is -2.05. The summed E-state index contributed by atoms with van der Waals surface area (Å²) in [7, 11) is 0. The molecule has 2 nitrogen and oxygen atoms in total. The van der Waals surface area contributed by atoms with Crippen LogP contribution in [0.4, 0.5) is 0 Å². The van der Waals surface area contributed by atoms with Crippen LogP contribution in [0.5, 0.6) is 0 Å². The minimum atomic E-state index is 0.533. The van der Waals surface area contributed by atoms with Crippen LogP contribution in [-0.4, -0.2) is 18.2 Å². The zero-order valence-electron chi connectivity index (χ0n) is 7.29. The van der Waals surface area contributed by atoms with Crippen molar-refractivity contribution in [1.29, 1.82) is 0 Å². The number of ether oxygens (including phenoxy) is 1. The van der Waals surface area contributed by atoms with Crippen molar-refractivity contribution in [2.45, 2.75) is 19.3 Å². The predicted molar refractivity (Wildman–Crippen MR) is 47.2 cm³/mol. The minimum absolute atomic E-state index is 0.533. The minimum Gasteiger partial charge on any atom is -0.381 e. The third-order valence-corrected chi connectivity index (χ3v) is 2.28. The third kappa shape index (κ3) is 1.48. The summed E-state index contributed by atoms with van der Waals surface area (Å²) in [4.78, 5) is 4.38. The van der Waals surface area contributed by atoms with Crippen LogP contribution in [0.25, 0.3) is 0 Å². The Morgan fingerprint density at radius 3 is 3.00 bits per heavy atom. The highest BCUT2D eigenvalue weighted by Gasteiger charge is 2.18. The molecule has 0 radical (unpaired) electrons. The van der Waals surface area contributed by atoms with Crippen LogP contribution in [0.15, 0.2) is 18.3 Å². The van der Waals surface area contributed by atoms with Crippen molar-refractivity contribution in [2.75, 3.05) is 13.2 Å². The molecule has 0 bridgehead atoms. The topological polar surface area (TPSA) is 22.1 Å². The fraction of sp³-hybridized carbons (Fsp3) is 0.500. The van der Waals surface area contributed by atoms with Crippen molar-refractivity contribution in [3.63, 3.8) is 0 Å². The molecular formula is C10H13NO. The largest absolute Gasteiger partial charge is 0.381 e. The number of rotatable bonds is 1. The maximum Gasteiger partial charge on any atom is 0.0550 e. The molecule has 2 heteroatoms. The number of pyridine rings is 1. The van der Waals surface area contributed by atoms with E-state index in [4.69, 9.17) is 4.74 Å². The summed E-state index contributed by atoms with van der Waals surface area (Å²) in [5.74, 6) is 0.533. The Balaban J connectivity index is 2.17. The molecular weight excluding hydrogens is 150 g/mol. The SMILES string of the molecule is Cc1ccc(C2CCOC2)nc1. The Hall–Kier alpha value is -0.890. The molecule has 1 atom stereocenters. The summed E-state index contributed by atoms with van der Waals surface area (Å²) in [5.41, 5.74) is 2.40. The van der Waals surface area contributed by atoms with Crippen LogP contribution in [0, 0.1) is 6.92 Å². The zero-order valence-corrected chi connectivity index (χ0v) is 7.29. The van der Waals surface area contributed by atoms with Crippen LogP contribution in [-0.2, 0) is 4.74 Å². The van der Waals surface area contributed by atoms with Gasteiger partial charge in [-0.1, -0.05) is 6.07 Å². The highest BCUT2D eigenvalue weighted by molar-refractivity contribution is 5.16. The van der Waals surface area contributed by atoms with Gasteiger partial charge in [0.05, 0.1) is 6.61 Å². The molecule has 0 amide bonds. The van der Waals surface area contributed by atoms with Crippen molar-refractivity contribution in [1.82, 2.24) is 4.98 Å². The van der Waals surface area contributed by atoms with Gasteiger partial charge in [0.25, 0.3) is 0 Å². The van der Waals surface area contributed by atoms with Gasteiger partial charge >= 0.3 is 0 Å². The number of aromatic nitrogens is 1. The lowest BCUT2D eigenvalue weighted by molar-refractivity contribution is 0.193. The monoisotopic (exact) mass is 163 g/mol. The van der Waals surface area contributed by atoms with E-state index in [0.29, 0.717) is 5.92 Å². The van der Waals surface area contributed by atoms with Gasteiger partial charge in [-0.15, -0.1) is 0 Å². The normalized spacial score (nSPS) is 22.9. The molecule has 0 saturated carbocycles. The molecule has 1 fully saturated rings. The lowest BCUT2D eigenvalue weighted by atomic mass is 10.0. The highest BCUT2D eigenvalue weighted by Crippen LogP contribution is 2.22. The Bertz CT molecular complexity index is 249. The van der Waals surface area contributed by atoms with Crippen LogP contribution < -0.4 is 0 Å². The van der Waals surface area contributed by atoms with Gasteiger partial charge < -0.3 is 4.74 Å². The van der Waals surface area contributed by atoms with E-state index in [-0.39, 0.29) is 0 Å². The molecule has 0 spiro atoms. The Kier molecular flexibility index (Phi) is 2.09. The Morgan fingerprint density at radius 1 is 1.50 bits per heavy atom. The van der Waals surface area contributed by atoms with Gasteiger partial charge in [-0.25, -0.2) is 0 Å². The van der Waals surface area contributed by atoms with E-state index < -0.39 is 0 Å². The molecule has 1 aromatic heterocycles.